The molecule has 0 spiro atoms. The summed E-state index contributed by atoms with van der Waals surface area (Å²) in [6.07, 6.45) is 6.88. The van der Waals surface area contributed by atoms with Gasteiger partial charge in [-0.25, -0.2) is 9.97 Å². The van der Waals surface area contributed by atoms with Crippen LogP contribution in [0.3, 0.4) is 0 Å². The van der Waals surface area contributed by atoms with Crippen molar-refractivity contribution in [2.24, 2.45) is 5.92 Å². The molecule has 0 aliphatic carbocycles. The zero-order valence-corrected chi connectivity index (χ0v) is 12.4. The van der Waals surface area contributed by atoms with E-state index in [4.69, 9.17) is 5.73 Å². The fourth-order valence-electron chi connectivity index (χ4n) is 3.43. The quantitative estimate of drug-likeness (QED) is 0.909. The average molecular weight is 275 g/mol. The molecule has 110 valence electrons. The standard InChI is InChI=1S/C15H25N5/c1-12-14(16)17-11-18-15(12)20-8-4-13(5-9-20)10-19-6-2-3-7-19/h11,13H,2-10H2,1H3,(H2,16,17,18). The topological polar surface area (TPSA) is 58.3 Å². The molecule has 20 heavy (non-hydrogen) atoms. The number of aromatic nitrogens is 2. The third-order valence-corrected chi connectivity index (χ3v) is 4.73. The Bertz CT molecular complexity index is 448. The van der Waals surface area contributed by atoms with E-state index in [-0.39, 0.29) is 0 Å². The molecule has 2 aliphatic heterocycles. The molecule has 3 heterocycles. The van der Waals surface area contributed by atoms with Crippen LogP contribution in [0.15, 0.2) is 6.33 Å². The van der Waals surface area contributed by atoms with Crippen LogP contribution in [0.1, 0.15) is 31.2 Å². The number of hydrogen-bond donors (Lipinski definition) is 1. The van der Waals surface area contributed by atoms with Gasteiger partial charge in [0.25, 0.3) is 0 Å². The number of rotatable bonds is 3. The van der Waals surface area contributed by atoms with Gasteiger partial charge in [-0.1, -0.05) is 0 Å². The lowest BCUT2D eigenvalue weighted by Crippen LogP contribution is -2.38. The first-order chi connectivity index (χ1) is 9.74. The molecule has 0 radical (unpaired) electrons. The van der Waals surface area contributed by atoms with Gasteiger partial charge in [-0.15, -0.1) is 0 Å². The van der Waals surface area contributed by atoms with Crippen LogP contribution in [0.2, 0.25) is 0 Å². The van der Waals surface area contributed by atoms with Gasteiger partial charge in [0.1, 0.15) is 18.0 Å². The summed E-state index contributed by atoms with van der Waals surface area (Å²) in [4.78, 5) is 13.5. The van der Waals surface area contributed by atoms with Crippen molar-refractivity contribution >= 4 is 11.6 Å². The summed E-state index contributed by atoms with van der Waals surface area (Å²) in [5, 5.41) is 0. The minimum Gasteiger partial charge on any atom is -0.383 e. The molecule has 2 aliphatic rings. The zero-order chi connectivity index (χ0) is 13.9. The smallest absolute Gasteiger partial charge is 0.137 e. The number of piperidine rings is 1. The van der Waals surface area contributed by atoms with Crippen molar-refractivity contribution in [3.05, 3.63) is 11.9 Å². The molecule has 5 nitrogen and oxygen atoms in total. The Hall–Kier alpha value is -1.36. The van der Waals surface area contributed by atoms with Gasteiger partial charge in [-0.2, -0.15) is 0 Å². The SMILES string of the molecule is Cc1c(N)ncnc1N1CCC(CN2CCCC2)CC1. The van der Waals surface area contributed by atoms with Gasteiger partial charge in [0.05, 0.1) is 0 Å². The molecule has 0 saturated carbocycles. The van der Waals surface area contributed by atoms with E-state index in [2.05, 4.69) is 19.8 Å². The Balaban J connectivity index is 1.56. The predicted octanol–water partition coefficient (Wildman–Crippen LogP) is 1.68. The van der Waals surface area contributed by atoms with Crippen LogP contribution >= 0.6 is 0 Å². The van der Waals surface area contributed by atoms with Crippen LogP contribution in [0.25, 0.3) is 0 Å². The van der Waals surface area contributed by atoms with E-state index in [1.807, 2.05) is 6.92 Å². The van der Waals surface area contributed by atoms with E-state index in [0.717, 1.165) is 30.4 Å². The van der Waals surface area contributed by atoms with Gasteiger partial charge in [0.15, 0.2) is 0 Å². The fraction of sp³-hybridized carbons (Fsp3) is 0.733. The lowest BCUT2D eigenvalue weighted by atomic mass is 9.96. The van der Waals surface area contributed by atoms with Gasteiger partial charge < -0.3 is 15.5 Å². The number of nitrogens with two attached hydrogens (primary N) is 1. The predicted molar refractivity (Wildman–Crippen MR) is 81.8 cm³/mol. The number of nitrogen functional groups attached to an aromatic ring is 1. The van der Waals surface area contributed by atoms with Gasteiger partial charge >= 0.3 is 0 Å². The van der Waals surface area contributed by atoms with Gasteiger partial charge in [0, 0.05) is 25.2 Å². The zero-order valence-electron chi connectivity index (χ0n) is 12.4. The normalized spacial score (nSPS) is 21.6. The third-order valence-electron chi connectivity index (χ3n) is 4.73. The molecule has 0 amide bonds. The van der Waals surface area contributed by atoms with Crippen molar-refractivity contribution in [3.8, 4) is 0 Å². The summed E-state index contributed by atoms with van der Waals surface area (Å²) in [5.74, 6) is 2.48. The Kier molecular flexibility index (Phi) is 4.05. The Morgan fingerprint density at radius 3 is 2.55 bits per heavy atom. The maximum absolute atomic E-state index is 5.88. The molecular formula is C15H25N5. The summed E-state index contributed by atoms with van der Waals surface area (Å²) in [5.41, 5.74) is 6.90. The summed E-state index contributed by atoms with van der Waals surface area (Å²) < 4.78 is 0. The monoisotopic (exact) mass is 275 g/mol. The lowest BCUT2D eigenvalue weighted by Gasteiger charge is -2.35. The molecule has 0 bridgehead atoms. The number of nitrogens with zero attached hydrogens (tertiary/aromatic N) is 4. The fourth-order valence-corrected chi connectivity index (χ4v) is 3.43. The highest BCUT2D eigenvalue weighted by Crippen LogP contribution is 2.26. The minimum atomic E-state index is 0.606. The van der Waals surface area contributed by atoms with Gasteiger partial charge in [-0.3, -0.25) is 0 Å². The first kappa shape index (κ1) is 13.6. The molecule has 2 N–H and O–H groups in total. The maximum Gasteiger partial charge on any atom is 0.137 e. The molecule has 2 fully saturated rings. The van der Waals surface area contributed by atoms with Gasteiger partial charge in [0.2, 0.25) is 0 Å². The number of anilines is 2. The van der Waals surface area contributed by atoms with Crippen LogP contribution in [0.4, 0.5) is 11.6 Å². The second-order valence-corrected chi connectivity index (χ2v) is 6.15. The van der Waals surface area contributed by atoms with Crippen molar-refractivity contribution in [2.75, 3.05) is 43.4 Å². The summed E-state index contributed by atoms with van der Waals surface area (Å²) in [6, 6.07) is 0. The maximum atomic E-state index is 5.88. The second kappa shape index (κ2) is 5.95. The van der Waals surface area contributed by atoms with E-state index in [1.54, 1.807) is 6.33 Å². The van der Waals surface area contributed by atoms with E-state index in [0.29, 0.717) is 5.82 Å². The Morgan fingerprint density at radius 1 is 1.15 bits per heavy atom. The van der Waals surface area contributed by atoms with Crippen LogP contribution in [0.5, 0.6) is 0 Å². The van der Waals surface area contributed by atoms with E-state index >= 15 is 0 Å². The molecule has 2 saturated heterocycles. The Morgan fingerprint density at radius 2 is 1.85 bits per heavy atom. The first-order valence-corrected chi connectivity index (χ1v) is 7.78. The summed E-state index contributed by atoms with van der Waals surface area (Å²) in [7, 11) is 0. The molecule has 1 aromatic rings. The van der Waals surface area contributed by atoms with Crippen LogP contribution in [-0.4, -0.2) is 47.6 Å². The Labute approximate surface area is 121 Å². The largest absolute Gasteiger partial charge is 0.383 e. The first-order valence-electron chi connectivity index (χ1n) is 7.78. The second-order valence-electron chi connectivity index (χ2n) is 6.15. The highest BCUT2D eigenvalue weighted by atomic mass is 15.2. The van der Waals surface area contributed by atoms with Crippen molar-refractivity contribution in [2.45, 2.75) is 32.6 Å². The van der Waals surface area contributed by atoms with E-state index < -0.39 is 0 Å². The van der Waals surface area contributed by atoms with Crippen molar-refractivity contribution < 1.29 is 0 Å². The third kappa shape index (κ3) is 2.87. The van der Waals surface area contributed by atoms with Gasteiger partial charge in [-0.05, 0) is 51.6 Å². The lowest BCUT2D eigenvalue weighted by molar-refractivity contribution is 0.249. The molecule has 0 atom stereocenters. The van der Waals surface area contributed by atoms with Crippen molar-refractivity contribution in [1.82, 2.24) is 14.9 Å². The van der Waals surface area contributed by atoms with Crippen molar-refractivity contribution in [3.63, 3.8) is 0 Å². The number of likely N-dealkylation sites (tertiary alicyclic amines) is 1. The summed E-state index contributed by atoms with van der Waals surface area (Å²) in [6.45, 7) is 8.11. The molecule has 0 aromatic carbocycles. The summed E-state index contributed by atoms with van der Waals surface area (Å²) >= 11 is 0. The molecule has 3 rings (SSSR count). The molecular weight excluding hydrogens is 250 g/mol. The molecule has 5 heteroatoms. The van der Waals surface area contributed by atoms with Crippen LogP contribution < -0.4 is 10.6 Å². The van der Waals surface area contributed by atoms with Crippen LogP contribution in [-0.2, 0) is 0 Å². The van der Waals surface area contributed by atoms with E-state index in [9.17, 15) is 0 Å². The minimum absolute atomic E-state index is 0.606. The molecule has 1 aromatic heterocycles. The average Bonchev–Trinajstić information content (AvgIpc) is 2.96. The van der Waals surface area contributed by atoms with Crippen molar-refractivity contribution in [1.29, 1.82) is 0 Å². The number of hydrogen-bond acceptors (Lipinski definition) is 5. The molecule has 0 unspecified atom stereocenters. The van der Waals surface area contributed by atoms with E-state index in [1.165, 1.54) is 45.3 Å². The highest BCUT2D eigenvalue weighted by Gasteiger charge is 2.24. The highest BCUT2D eigenvalue weighted by molar-refractivity contribution is 5.55. The van der Waals surface area contributed by atoms with Crippen LogP contribution in [0, 0.1) is 12.8 Å².